The highest BCUT2D eigenvalue weighted by molar-refractivity contribution is 5.50. The zero-order valence-electron chi connectivity index (χ0n) is 14.8. The van der Waals surface area contributed by atoms with Crippen molar-refractivity contribution in [3.05, 3.63) is 23.3 Å². The Morgan fingerprint density at radius 3 is 1.95 bits per heavy atom. The molecule has 4 heteroatoms. The van der Waals surface area contributed by atoms with Crippen LogP contribution in [0.15, 0.2) is 12.1 Å². The summed E-state index contributed by atoms with van der Waals surface area (Å²) >= 11 is 0. The Kier molecular flexibility index (Phi) is 5.35. The first-order valence-electron chi connectivity index (χ1n) is 8.05. The number of aryl methyl sites for hydroxylation is 1. The molecule has 124 valence electrons. The summed E-state index contributed by atoms with van der Waals surface area (Å²) in [4.78, 5) is 2.55. The summed E-state index contributed by atoms with van der Waals surface area (Å²) < 4.78 is 11.4. The molecular weight excluding hydrogens is 276 g/mol. The quantitative estimate of drug-likeness (QED) is 0.927. The van der Waals surface area contributed by atoms with E-state index in [4.69, 9.17) is 9.47 Å². The van der Waals surface area contributed by atoms with Crippen LogP contribution < -0.4 is 14.8 Å². The van der Waals surface area contributed by atoms with Gasteiger partial charge in [-0.2, -0.15) is 0 Å². The van der Waals surface area contributed by atoms with Crippen LogP contribution in [0.5, 0.6) is 11.5 Å². The third-order valence-corrected chi connectivity index (χ3v) is 4.30. The number of benzene rings is 1. The Balaban J connectivity index is 2.55. The number of ether oxygens (including phenoxy) is 2. The molecule has 0 aromatic heterocycles. The monoisotopic (exact) mass is 306 g/mol. The zero-order chi connectivity index (χ0) is 16.3. The predicted molar refractivity (Wildman–Crippen MR) is 90.9 cm³/mol. The Hall–Kier alpha value is -1.26. The van der Waals surface area contributed by atoms with E-state index in [1.54, 1.807) is 14.2 Å². The van der Waals surface area contributed by atoms with Gasteiger partial charge in [0, 0.05) is 32.2 Å². The van der Waals surface area contributed by atoms with Crippen molar-refractivity contribution in [1.29, 1.82) is 0 Å². The minimum absolute atomic E-state index is 0.0904. The minimum Gasteiger partial charge on any atom is -0.496 e. The van der Waals surface area contributed by atoms with E-state index in [0.29, 0.717) is 0 Å². The maximum absolute atomic E-state index is 5.71. The molecule has 2 rings (SSSR count). The third-order valence-electron chi connectivity index (χ3n) is 4.30. The van der Waals surface area contributed by atoms with Gasteiger partial charge in [0.15, 0.2) is 0 Å². The number of hydrogen-bond donors (Lipinski definition) is 1. The predicted octanol–water partition coefficient (Wildman–Crippen LogP) is 3.00. The van der Waals surface area contributed by atoms with Crippen molar-refractivity contribution in [2.45, 2.75) is 33.7 Å². The standard InChI is InChI=1S/C18H30N2O2/c1-13-11-14(21-5)16(15(12-13)22-6)17(18(2,3)4)20-9-7-19-8-10-20/h11-12,17,19H,7-10H2,1-6H3/t17-/m0/s1. The van der Waals surface area contributed by atoms with E-state index in [9.17, 15) is 0 Å². The SMILES string of the molecule is COc1cc(C)cc(OC)c1[C@H](N1CCNCC1)C(C)(C)C. The maximum Gasteiger partial charge on any atom is 0.127 e. The van der Waals surface area contributed by atoms with Gasteiger partial charge in [0.05, 0.1) is 19.8 Å². The van der Waals surface area contributed by atoms with Crippen LogP contribution in [0.4, 0.5) is 0 Å². The number of hydrogen-bond acceptors (Lipinski definition) is 4. The molecule has 1 atom stereocenters. The van der Waals surface area contributed by atoms with Gasteiger partial charge in [-0.3, -0.25) is 4.90 Å². The van der Waals surface area contributed by atoms with E-state index in [1.807, 2.05) is 0 Å². The third kappa shape index (κ3) is 3.55. The summed E-state index contributed by atoms with van der Waals surface area (Å²) in [6.45, 7) is 13.1. The molecule has 0 radical (unpaired) electrons. The molecule has 0 amide bonds. The van der Waals surface area contributed by atoms with Crippen LogP contribution in [0.2, 0.25) is 0 Å². The molecule has 1 aromatic rings. The Morgan fingerprint density at radius 1 is 1.05 bits per heavy atom. The summed E-state index contributed by atoms with van der Waals surface area (Å²) in [5.74, 6) is 1.85. The van der Waals surface area contributed by atoms with Crippen molar-refractivity contribution in [3.63, 3.8) is 0 Å². The fraction of sp³-hybridized carbons (Fsp3) is 0.667. The molecule has 4 nitrogen and oxygen atoms in total. The molecule has 0 aliphatic carbocycles. The van der Waals surface area contributed by atoms with Gasteiger partial charge < -0.3 is 14.8 Å². The lowest BCUT2D eigenvalue weighted by atomic mass is 9.80. The van der Waals surface area contributed by atoms with E-state index in [1.165, 1.54) is 5.56 Å². The van der Waals surface area contributed by atoms with Crippen LogP contribution in [0.3, 0.4) is 0 Å². The summed E-state index contributed by atoms with van der Waals surface area (Å²) in [7, 11) is 3.49. The highest BCUT2D eigenvalue weighted by Gasteiger charge is 2.36. The zero-order valence-corrected chi connectivity index (χ0v) is 14.8. The summed E-state index contributed by atoms with van der Waals surface area (Å²) in [5, 5.41) is 3.43. The van der Waals surface area contributed by atoms with Crippen molar-refractivity contribution in [3.8, 4) is 11.5 Å². The molecule has 22 heavy (non-hydrogen) atoms. The number of rotatable bonds is 4. The van der Waals surface area contributed by atoms with Crippen LogP contribution in [-0.2, 0) is 0 Å². The molecule has 1 aliphatic heterocycles. The summed E-state index contributed by atoms with van der Waals surface area (Å²) in [5.41, 5.74) is 2.42. The Bertz CT molecular complexity index is 477. The molecule has 1 aromatic carbocycles. The molecule has 1 aliphatic rings. The second-order valence-corrected chi connectivity index (χ2v) is 7.14. The summed E-state index contributed by atoms with van der Waals surface area (Å²) in [6, 6.07) is 4.48. The molecule has 1 saturated heterocycles. The Labute approximate surface area is 134 Å². The van der Waals surface area contributed by atoms with Crippen molar-refractivity contribution < 1.29 is 9.47 Å². The Morgan fingerprint density at radius 2 is 1.55 bits per heavy atom. The first-order valence-corrected chi connectivity index (χ1v) is 8.05. The average Bonchev–Trinajstić information content (AvgIpc) is 2.48. The van der Waals surface area contributed by atoms with Crippen LogP contribution in [0.25, 0.3) is 0 Å². The van der Waals surface area contributed by atoms with Crippen molar-refractivity contribution in [2.24, 2.45) is 5.41 Å². The molecule has 1 heterocycles. The lowest BCUT2D eigenvalue weighted by Gasteiger charge is -2.43. The molecule has 0 bridgehead atoms. The van der Waals surface area contributed by atoms with Gasteiger partial charge in [-0.1, -0.05) is 20.8 Å². The topological polar surface area (TPSA) is 33.7 Å². The van der Waals surface area contributed by atoms with Gasteiger partial charge in [-0.15, -0.1) is 0 Å². The average molecular weight is 306 g/mol. The normalized spacial score (nSPS) is 18.1. The van der Waals surface area contributed by atoms with Gasteiger partial charge in [0.2, 0.25) is 0 Å². The summed E-state index contributed by atoms with van der Waals surface area (Å²) in [6.07, 6.45) is 0. The van der Waals surface area contributed by atoms with Crippen molar-refractivity contribution in [2.75, 3.05) is 40.4 Å². The second kappa shape index (κ2) is 6.88. The lowest BCUT2D eigenvalue weighted by Crippen LogP contribution is -2.48. The first kappa shape index (κ1) is 17.1. The fourth-order valence-electron chi connectivity index (χ4n) is 3.44. The van der Waals surface area contributed by atoms with Crippen LogP contribution >= 0.6 is 0 Å². The second-order valence-electron chi connectivity index (χ2n) is 7.14. The number of nitrogens with zero attached hydrogens (tertiary/aromatic N) is 1. The highest BCUT2D eigenvalue weighted by Crippen LogP contribution is 2.46. The van der Waals surface area contributed by atoms with E-state index in [-0.39, 0.29) is 11.5 Å². The fourth-order valence-corrected chi connectivity index (χ4v) is 3.44. The number of nitrogens with one attached hydrogen (secondary N) is 1. The van der Waals surface area contributed by atoms with Gasteiger partial charge in [-0.25, -0.2) is 0 Å². The maximum atomic E-state index is 5.71. The van der Waals surface area contributed by atoms with Crippen LogP contribution in [-0.4, -0.2) is 45.3 Å². The highest BCUT2D eigenvalue weighted by atomic mass is 16.5. The largest absolute Gasteiger partial charge is 0.496 e. The van der Waals surface area contributed by atoms with Gasteiger partial charge in [0.25, 0.3) is 0 Å². The van der Waals surface area contributed by atoms with E-state index in [0.717, 1.165) is 43.2 Å². The molecular formula is C18H30N2O2. The molecule has 1 N–H and O–H groups in total. The molecule has 0 spiro atoms. The molecule has 0 unspecified atom stereocenters. The van der Waals surface area contributed by atoms with Gasteiger partial charge in [0.1, 0.15) is 11.5 Å². The molecule has 1 fully saturated rings. The van der Waals surface area contributed by atoms with Crippen LogP contribution in [0, 0.1) is 12.3 Å². The number of piperazine rings is 1. The van der Waals surface area contributed by atoms with Gasteiger partial charge >= 0.3 is 0 Å². The van der Waals surface area contributed by atoms with Crippen LogP contribution in [0.1, 0.15) is 37.9 Å². The number of methoxy groups -OCH3 is 2. The molecule has 0 saturated carbocycles. The van der Waals surface area contributed by atoms with Gasteiger partial charge in [-0.05, 0) is 30.0 Å². The minimum atomic E-state index is 0.0904. The van der Waals surface area contributed by atoms with Crippen molar-refractivity contribution >= 4 is 0 Å². The smallest absolute Gasteiger partial charge is 0.127 e. The lowest BCUT2D eigenvalue weighted by molar-refractivity contribution is 0.0820. The van der Waals surface area contributed by atoms with E-state index >= 15 is 0 Å². The van der Waals surface area contributed by atoms with Crippen molar-refractivity contribution in [1.82, 2.24) is 10.2 Å². The first-order chi connectivity index (χ1) is 10.4. The van der Waals surface area contributed by atoms with E-state index in [2.05, 4.69) is 50.0 Å². The van der Waals surface area contributed by atoms with E-state index < -0.39 is 0 Å².